The van der Waals surface area contributed by atoms with E-state index < -0.39 is 47.4 Å². The summed E-state index contributed by atoms with van der Waals surface area (Å²) in [6, 6.07) is 7.02. The summed E-state index contributed by atoms with van der Waals surface area (Å²) in [4.78, 5) is 17.7. The molecule has 0 N–H and O–H groups in total. The van der Waals surface area contributed by atoms with Gasteiger partial charge in [-0.3, -0.25) is 9.78 Å². The van der Waals surface area contributed by atoms with E-state index in [9.17, 15) is 35.5 Å². The van der Waals surface area contributed by atoms with Crippen LogP contribution < -0.4 is 9.64 Å². The van der Waals surface area contributed by atoms with Gasteiger partial charge < -0.3 is 9.64 Å². The van der Waals surface area contributed by atoms with Gasteiger partial charge in [0.1, 0.15) is 17.6 Å². The number of ether oxygens (including phenoxy) is 1. The molecule has 5 nitrogen and oxygen atoms in total. The monoisotopic (exact) mass is 497 g/mol. The zero-order chi connectivity index (χ0) is 26.0. The highest BCUT2D eigenvalue weighted by atomic mass is 19.4. The lowest BCUT2D eigenvalue weighted by Gasteiger charge is -2.22. The van der Waals surface area contributed by atoms with E-state index in [1.807, 2.05) is 0 Å². The van der Waals surface area contributed by atoms with Crippen molar-refractivity contribution in [2.45, 2.75) is 12.4 Å². The van der Waals surface area contributed by atoms with Crippen LogP contribution in [0.3, 0.4) is 0 Å². The second kappa shape index (κ2) is 9.61. The molecule has 0 spiro atoms. The van der Waals surface area contributed by atoms with Crippen LogP contribution in [-0.4, -0.2) is 24.5 Å². The molecule has 0 bridgehead atoms. The number of halogens is 7. The normalized spacial score (nSPS) is 11.6. The number of carbonyl (C=O) groups is 1. The molecule has 1 amide bonds. The maximum Gasteiger partial charge on any atom is 0.416 e. The first-order valence-corrected chi connectivity index (χ1v) is 9.64. The average Bonchev–Trinajstić information content (AvgIpc) is 2.80. The number of amides is 1. The van der Waals surface area contributed by atoms with Crippen LogP contribution in [0.25, 0.3) is 11.1 Å². The molecule has 12 heteroatoms. The number of pyridine rings is 1. The second-order valence-electron chi connectivity index (χ2n) is 7.14. The van der Waals surface area contributed by atoms with Crippen LogP contribution in [0.4, 0.5) is 36.4 Å². The molecule has 0 unspecified atom stereocenters. The van der Waals surface area contributed by atoms with Gasteiger partial charge in [-0.15, -0.1) is 0 Å². The summed E-state index contributed by atoms with van der Waals surface area (Å²) in [5, 5.41) is 8.77. The highest BCUT2D eigenvalue weighted by molar-refractivity contribution is 6.08. The number of benzene rings is 2. The number of alkyl halides is 6. The SMILES string of the molecule is CN(C(=O)c1cc(C(F)(F)F)cc(C(F)(F)F)c1)c1cnccc1-c1ccc(F)cc1OCC#N. The summed E-state index contributed by atoms with van der Waals surface area (Å²) in [5.74, 6) is -1.94. The molecule has 2 aromatic carbocycles. The third-order valence-corrected chi connectivity index (χ3v) is 4.83. The molecule has 0 saturated carbocycles. The maximum absolute atomic E-state index is 13.7. The van der Waals surface area contributed by atoms with E-state index in [2.05, 4.69) is 4.98 Å². The van der Waals surface area contributed by atoms with Gasteiger partial charge in [-0.05, 0) is 36.4 Å². The fraction of sp³-hybridized carbons (Fsp3) is 0.174. The second-order valence-corrected chi connectivity index (χ2v) is 7.14. The van der Waals surface area contributed by atoms with E-state index in [-0.39, 0.29) is 28.6 Å². The predicted molar refractivity (Wildman–Crippen MR) is 110 cm³/mol. The number of nitrogens with zero attached hydrogens (tertiary/aromatic N) is 3. The molecule has 35 heavy (non-hydrogen) atoms. The number of nitriles is 1. The summed E-state index contributed by atoms with van der Waals surface area (Å²) >= 11 is 0. The predicted octanol–water partition coefficient (Wildman–Crippen LogP) is 6.10. The topological polar surface area (TPSA) is 66.2 Å². The van der Waals surface area contributed by atoms with Crippen molar-refractivity contribution >= 4 is 11.6 Å². The number of anilines is 1. The summed E-state index contributed by atoms with van der Waals surface area (Å²) in [6.45, 7) is -0.434. The molecule has 0 aliphatic heterocycles. The highest BCUT2D eigenvalue weighted by Crippen LogP contribution is 2.39. The van der Waals surface area contributed by atoms with E-state index in [1.54, 1.807) is 6.07 Å². The Kier molecular flexibility index (Phi) is 7.00. The molecular weight excluding hydrogens is 483 g/mol. The van der Waals surface area contributed by atoms with Crippen LogP contribution in [0.1, 0.15) is 21.5 Å². The molecule has 1 aromatic heterocycles. The first kappa shape index (κ1) is 25.5. The summed E-state index contributed by atoms with van der Waals surface area (Å²) in [7, 11) is 1.13. The van der Waals surface area contributed by atoms with Gasteiger partial charge in [0.15, 0.2) is 6.61 Å². The lowest BCUT2D eigenvalue weighted by Crippen LogP contribution is -2.28. The minimum Gasteiger partial charge on any atom is -0.478 e. The molecule has 0 atom stereocenters. The minimum atomic E-state index is -5.13. The summed E-state index contributed by atoms with van der Waals surface area (Å²) in [6.07, 6.45) is -7.80. The van der Waals surface area contributed by atoms with Crippen molar-refractivity contribution in [2.75, 3.05) is 18.6 Å². The lowest BCUT2D eigenvalue weighted by molar-refractivity contribution is -0.143. The van der Waals surface area contributed by atoms with Crippen LogP contribution in [0.5, 0.6) is 5.75 Å². The van der Waals surface area contributed by atoms with Crippen molar-refractivity contribution in [3.05, 3.63) is 77.4 Å². The highest BCUT2D eigenvalue weighted by Gasteiger charge is 2.38. The van der Waals surface area contributed by atoms with Gasteiger partial charge in [0.2, 0.25) is 0 Å². The van der Waals surface area contributed by atoms with Crippen molar-refractivity contribution in [3.63, 3.8) is 0 Å². The molecule has 1 heterocycles. The smallest absolute Gasteiger partial charge is 0.416 e. The molecule has 0 saturated heterocycles. The van der Waals surface area contributed by atoms with Gasteiger partial charge in [-0.1, -0.05) is 0 Å². The van der Waals surface area contributed by atoms with Crippen molar-refractivity contribution in [2.24, 2.45) is 0 Å². The van der Waals surface area contributed by atoms with Crippen LogP contribution in [0, 0.1) is 17.1 Å². The summed E-state index contributed by atoms with van der Waals surface area (Å²) < 4.78 is 98.3. The van der Waals surface area contributed by atoms with Crippen LogP contribution in [-0.2, 0) is 12.4 Å². The standard InChI is InChI=1S/C23H14F7N3O2/c1-33(21(34)13-8-14(22(25,26)27)10-15(9-13)23(28,29)30)19-12-32-6-4-17(19)18-3-2-16(24)11-20(18)35-7-5-31/h2-4,6,8-12H,7H2,1H3. The molecule has 0 fully saturated rings. The fourth-order valence-electron chi connectivity index (χ4n) is 3.21. The first-order valence-electron chi connectivity index (χ1n) is 9.64. The number of aromatic nitrogens is 1. The zero-order valence-electron chi connectivity index (χ0n) is 17.7. The van der Waals surface area contributed by atoms with Crippen LogP contribution in [0.15, 0.2) is 54.9 Å². The van der Waals surface area contributed by atoms with Crippen molar-refractivity contribution in [1.82, 2.24) is 4.98 Å². The Hall–Kier alpha value is -4.14. The van der Waals surface area contributed by atoms with Gasteiger partial charge in [0.05, 0.1) is 23.0 Å². The first-order chi connectivity index (χ1) is 16.3. The number of hydrogen-bond acceptors (Lipinski definition) is 4. The molecule has 0 radical (unpaired) electrons. The lowest BCUT2D eigenvalue weighted by atomic mass is 10.0. The van der Waals surface area contributed by atoms with E-state index in [0.29, 0.717) is 12.1 Å². The van der Waals surface area contributed by atoms with Gasteiger partial charge in [0.25, 0.3) is 5.91 Å². The van der Waals surface area contributed by atoms with E-state index in [1.165, 1.54) is 18.3 Å². The Morgan fingerprint density at radius 3 is 2.20 bits per heavy atom. The molecule has 3 rings (SSSR count). The minimum absolute atomic E-state index is 0.0168. The van der Waals surface area contributed by atoms with E-state index >= 15 is 0 Å². The molecule has 3 aromatic rings. The van der Waals surface area contributed by atoms with Crippen LogP contribution >= 0.6 is 0 Å². The number of rotatable bonds is 5. The summed E-state index contributed by atoms with van der Waals surface area (Å²) in [5.41, 5.74) is -3.74. The molecule has 182 valence electrons. The largest absolute Gasteiger partial charge is 0.478 e. The molecular formula is C23H14F7N3O2. The van der Waals surface area contributed by atoms with E-state index in [0.717, 1.165) is 30.3 Å². The maximum atomic E-state index is 13.7. The van der Waals surface area contributed by atoms with E-state index in [4.69, 9.17) is 10.00 Å². The Bertz CT molecular complexity index is 1270. The number of hydrogen-bond donors (Lipinski definition) is 0. The third-order valence-electron chi connectivity index (χ3n) is 4.83. The molecule has 0 aliphatic carbocycles. The van der Waals surface area contributed by atoms with Crippen molar-refractivity contribution in [1.29, 1.82) is 5.26 Å². The Labute approximate surface area is 194 Å². The average molecular weight is 497 g/mol. The van der Waals surface area contributed by atoms with Crippen LogP contribution in [0.2, 0.25) is 0 Å². The zero-order valence-corrected chi connectivity index (χ0v) is 17.7. The molecule has 0 aliphatic rings. The Balaban J connectivity index is 2.11. The van der Waals surface area contributed by atoms with Gasteiger partial charge in [-0.2, -0.15) is 31.6 Å². The van der Waals surface area contributed by atoms with Gasteiger partial charge in [-0.25, -0.2) is 4.39 Å². The Morgan fingerprint density at radius 2 is 1.63 bits per heavy atom. The Morgan fingerprint density at radius 1 is 1.00 bits per heavy atom. The van der Waals surface area contributed by atoms with Crippen molar-refractivity contribution < 1.29 is 40.3 Å². The van der Waals surface area contributed by atoms with Crippen molar-refractivity contribution in [3.8, 4) is 22.9 Å². The third kappa shape index (κ3) is 5.68. The van der Waals surface area contributed by atoms with Gasteiger partial charge in [0, 0.05) is 36.0 Å². The van der Waals surface area contributed by atoms with Gasteiger partial charge >= 0.3 is 12.4 Å². The quantitative estimate of drug-likeness (QED) is 0.400. The number of carbonyl (C=O) groups excluding carboxylic acids is 1. The fourth-order valence-corrected chi connectivity index (χ4v) is 3.21.